The molecule has 9 nitrogen and oxygen atoms in total. The van der Waals surface area contributed by atoms with E-state index in [4.69, 9.17) is 10.9 Å². The number of amidine groups is 1. The second kappa shape index (κ2) is 6.73. The molecule has 0 saturated heterocycles. The van der Waals surface area contributed by atoms with Gasteiger partial charge < -0.3 is 15.7 Å². The summed E-state index contributed by atoms with van der Waals surface area (Å²) in [7, 11) is -2.97. The Bertz CT molecular complexity index is 614. The zero-order chi connectivity index (χ0) is 15.2. The number of nitrogens with one attached hydrogen (secondary N) is 2. The summed E-state index contributed by atoms with van der Waals surface area (Å²) in [6.07, 6.45) is -1.09. The molecule has 1 aromatic rings. The minimum absolute atomic E-state index is 0.0844. The van der Waals surface area contributed by atoms with E-state index < -0.39 is 16.3 Å². The van der Waals surface area contributed by atoms with Crippen LogP contribution < -0.4 is 15.2 Å². The second-order valence-electron chi connectivity index (χ2n) is 3.60. The van der Waals surface area contributed by atoms with Crippen LogP contribution in [0.3, 0.4) is 0 Å². The first kappa shape index (κ1) is 15.7. The largest absolute Gasteiger partial charge is 0.452 e. The van der Waals surface area contributed by atoms with Crippen molar-refractivity contribution < 1.29 is 23.2 Å². The van der Waals surface area contributed by atoms with E-state index in [1.807, 2.05) is 0 Å². The fourth-order valence-electron chi connectivity index (χ4n) is 1.26. The van der Waals surface area contributed by atoms with Crippen LogP contribution in [-0.2, 0) is 21.5 Å². The van der Waals surface area contributed by atoms with Crippen molar-refractivity contribution in [3.63, 3.8) is 0 Å². The molecule has 0 saturated carbocycles. The van der Waals surface area contributed by atoms with Crippen molar-refractivity contribution in [2.45, 2.75) is 6.54 Å². The predicted molar refractivity (Wildman–Crippen MR) is 70.3 cm³/mol. The van der Waals surface area contributed by atoms with Gasteiger partial charge in [0.1, 0.15) is 0 Å². The number of methoxy groups -OCH3 is 1. The lowest BCUT2D eigenvalue weighted by molar-refractivity contribution is 0.177. The SMILES string of the molecule is COC(=O)NS(=O)(=O)NCc1cccc(/C(N)=N/O)c1. The Balaban J connectivity index is 2.73. The van der Waals surface area contributed by atoms with Crippen LogP contribution in [0.5, 0.6) is 0 Å². The molecule has 0 aliphatic carbocycles. The topological polar surface area (TPSA) is 143 Å². The molecule has 0 radical (unpaired) electrons. The van der Waals surface area contributed by atoms with E-state index in [0.717, 1.165) is 7.11 Å². The average molecular weight is 302 g/mol. The van der Waals surface area contributed by atoms with E-state index in [0.29, 0.717) is 11.1 Å². The number of nitrogens with zero attached hydrogens (tertiary/aromatic N) is 1. The molecule has 0 heterocycles. The zero-order valence-corrected chi connectivity index (χ0v) is 11.3. The minimum atomic E-state index is -4.02. The Hall–Kier alpha value is -2.33. The summed E-state index contributed by atoms with van der Waals surface area (Å²) in [4.78, 5) is 10.8. The molecule has 0 fully saturated rings. The third-order valence-corrected chi connectivity index (χ3v) is 3.16. The molecule has 1 rings (SSSR count). The summed E-state index contributed by atoms with van der Waals surface area (Å²) >= 11 is 0. The highest BCUT2D eigenvalue weighted by atomic mass is 32.2. The van der Waals surface area contributed by atoms with Crippen molar-refractivity contribution in [2.75, 3.05) is 7.11 Å². The third-order valence-electron chi connectivity index (χ3n) is 2.20. The van der Waals surface area contributed by atoms with Crippen LogP contribution in [0.4, 0.5) is 4.79 Å². The molecule has 0 aliphatic heterocycles. The fraction of sp³-hybridized carbons (Fsp3) is 0.200. The quantitative estimate of drug-likeness (QED) is 0.249. The molecular formula is C10H14N4O5S. The molecule has 1 amide bonds. The molecule has 0 spiro atoms. The molecular weight excluding hydrogens is 288 g/mol. The monoisotopic (exact) mass is 302 g/mol. The van der Waals surface area contributed by atoms with Gasteiger partial charge in [-0.3, -0.25) is 0 Å². The molecule has 1 aromatic carbocycles. The van der Waals surface area contributed by atoms with E-state index in [1.54, 1.807) is 22.9 Å². The lowest BCUT2D eigenvalue weighted by atomic mass is 10.1. The number of oxime groups is 1. The molecule has 20 heavy (non-hydrogen) atoms. The number of benzene rings is 1. The smallest absolute Gasteiger partial charge is 0.421 e. The Labute approximate surface area is 115 Å². The summed E-state index contributed by atoms with van der Waals surface area (Å²) in [5.74, 6) is -0.0950. The van der Waals surface area contributed by atoms with Crippen LogP contribution in [0.2, 0.25) is 0 Å². The summed E-state index contributed by atoms with van der Waals surface area (Å²) in [5, 5.41) is 11.4. The number of amides is 1. The average Bonchev–Trinajstić information content (AvgIpc) is 2.44. The summed E-state index contributed by atoms with van der Waals surface area (Å²) in [5.41, 5.74) is 6.41. The van der Waals surface area contributed by atoms with Crippen LogP contribution in [0.15, 0.2) is 29.4 Å². The number of nitrogens with two attached hydrogens (primary N) is 1. The van der Waals surface area contributed by atoms with Crippen LogP contribution in [0, 0.1) is 0 Å². The molecule has 0 aliphatic rings. The molecule has 0 bridgehead atoms. The van der Waals surface area contributed by atoms with Gasteiger partial charge in [0.2, 0.25) is 0 Å². The lowest BCUT2D eigenvalue weighted by Gasteiger charge is -2.08. The van der Waals surface area contributed by atoms with Gasteiger partial charge in [-0.05, 0) is 11.6 Å². The van der Waals surface area contributed by atoms with Crippen LogP contribution in [-0.4, -0.2) is 32.7 Å². The van der Waals surface area contributed by atoms with E-state index in [9.17, 15) is 13.2 Å². The highest BCUT2D eigenvalue weighted by molar-refractivity contribution is 7.88. The normalized spacial score (nSPS) is 11.9. The standard InChI is InChI=1S/C10H14N4O5S/c1-19-10(15)14-20(17,18)12-6-7-3-2-4-8(5-7)9(11)13-16/h2-5,12,16H,6H2,1H3,(H2,11,13)(H,14,15). The van der Waals surface area contributed by atoms with Crippen LogP contribution in [0.1, 0.15) is 11.1 Å². The van der Waals surface area contributed by atoms with Crippen molar-refractivity contribution in [3.8, 4) is 0 Å². The van der Waals surface area contributed by atoms with E-state index >= 15 is 0 Å². The predicted octanol–water partition coefficient (Wildman–Crippen LogP) is -0.528. The number of ether oxygens (including phenoxy) is 1. The Kier molecular flexibility index (Phi) is 5.29. The third kappa shape index (κ3) is 4.74. The van der Waals surface area contributed by atoms with Gasteiger partial charge in [-0.2, -0.15) is 13.1 Å². The second-order valence-corrected chi connectivity index (χ2v) is 5.10. The lowest BCUT2D eigenvalue weighted by Crippen LogP contribution is -2.39. The number of hydrogen-bond donors (Lipinski definition) is 4. The molecule has 5 N–H and O–H groups in total. The van der Waals surface area contributed by atoms with E-state index in [1.165, 1.54) is 6.07 Å². The van der Waals surface area contributed by atoms with Gasteiger partial charge in [0, 0.05) is 12.1 Å². The van der Waals surface area contributed by atoms with E-state index in [2.05, 4.69) is 14.6 Å². The number of carbonyl (C=O) groups excluding carboxylic acids is 1. The fourth-order valence-corrected chi connectivity index (χ4v) is 2.00. The van der Waals surface area contributed by atoms with Crippen molar-refractivity contribution in [1.29, 1.82) is 0 Å². The Morgan fingerprint density at radius 1 is 1.50 bits per heavy atom. The van der Waals surface area contributed by atoms with Gasteiger partial charge >= 0.3 is 16.3 Å². The first-order valence-corrected chi connectivity index (χ1v) is 6.78. The van der Waals surface area contributed by atoms with Crippen LogP contribution >= 0.6 is 0 Å². The van der Waals surface area contributed by atoms with Gasteiger partial charge in [-0.15, -0.1) is 0 Å². The van der Waals surface area contributed by atoms with E-state index in [-0.39, 0.29) is 12.4 Å². The maximum absolute atomic E-state index is 11.4. The molecule has 0 atom stereocenters. The summed E-state index contributed by atoms with van der Waals surface area (Å²) < 4.78 is 30.8. The minimum Gasteiger partial charge on any atom is -0.452 e. The zero-order valence-electron chi connectivity index (χ0n) is 10.5. The number of rotatable bonds is 5. The number of hydrogen-bond acceptors (Lipinski definition) is 6. The highest BCUT2D eigenvalue weighted by Crippen LogP contribution is 2.05. The van der Waals surface area contributed by atoms with Crippen molar-refractivity contribution >= 4 is 22.1 Å². The van der Waals surface area contributed by atoms with Gasteiger partial charge in [-0.1, -0.05) is 23.4 Å². The first-order valence-electron chi connectivity index (χ1n) is 5.30. The maximum Gasteiger partial charge on any atom is 0.421 e. The van der Waals surface area contributed by atoms with Crippen molar-refractivity contribution in [3.05, 3.63) is 35.4 Å². The summed E-state index contributed by atoms with van der Waals surface area (Å²) in [6, 6.07) is 6.38. The van der Waals surface area contributed by atoms with Gasteiger partial charge in [0.05, 0.1) is 7.11 Å². The molecule has 10 heteroatoms. The van der Waals surface area contributed by atoms with Gasteiger partial charge in [0.25, 0.3) is 0 Å². The number of carbonyl (C=O) groups is 1. The van der Waals surface area contributed by atoms with Crippen LogP contribution in [0.25, 0.3) is 0 Å². The first-order chi connectivity index (χ1) is 9.38. The Morgan fingerprint density at radius 3 is 2.80 bits per heavy atom. The molecule has 0 aromatic heterocycles. The van der Waals surface area contributed by atoms with Gasteiger partial charge in [-0.25, -0.2) is 9.52 Å². The van der Waals surface area contributed by atoms with Crippen molar-refractivity contribution in [2.24, 2.45) is 10.9 Å². The van der Waals surface area contributed by atoms with Crippen molar-refractivity contribution in [1.82, 2.24) is 9.44 Å². The molecule has 0 unspecified atom stereocenters. The summed E-state index contributed by atoms with van der Waals surface area (Å²) in [6.45, 7) is -0.0844. The maximum atomic E-state index is 11.4. The highest BCUT2D eigenvalue weighted by Gasteiger charge is 2.13. The Morgan fingerprint density at radius 2 is 2.20 bits per heavy atom. The van der Waals surface area contributed by atoms with Gasteiger partial charge in [0.15, 0.2) is 5.84 Å². The molecule has 110 valence electrons.